The Kier molecular flexibility index (Phi) is 6.50. The van der Waals surface area contributed by atoms with Gasteiger partial charge in [0.05, 0.1) is 30.1 Å². The lowest BCUT2D eigenvalue weighted by atomic mass is 10.0. The van der Waals surface area contributed by atoms with E-state index in [4.69, 9.17) is 20.3 Å². The molecule has 0 aliphatic carbocycles. The van der Waals surface area contributed by atoms with E-state index in [2.05, 4.69) is 40.1 Å². The molecule has 0 spiro atoms. The number of pyridine rings is 1. The molecule has 6 nitrogen and oxygen atoms in total. The van der Waals surface area contributed by atoms with Crippen molar-refractivity contribution in [1.82, 2.24) is 4.98 Å². The van der Waals surface area contributed by atoms with Gasteiger partial charge in [0.15, 0.2) is 5.75 Å². The number of aliphatic hydroxyl groups excluding tert-OH is 1. The highest BCUT2D eigenvalue weighted by molar-refractivity contribution is 9.10. The Morgan fingerprint density at radius 3 is 2.48 bits per heavy atom. The van der Waals surface area contributed by atoms with Crippen molar-refractivity contribution in [3.8, 4) is 17.2 Å². The van der Waals surface area contributed by atoms with Gasteiger partial charge in [-0.1, -0.05) is 13.8 Å². The summed E-state index contributed by atoms with van der Waals surface area (Å²) in [5.41, 5.74) is 7.57. The SMILES string of the molecule is COc1cc(C(C)C)c(Oc2cnc(N[C@@H](C)CO)cc2N)cc1Br. The van der Waals surface area contributed by atoms with E-state index in [1.807, 2.05) is 19.1 Å². The summed E-state index contributed by atoms with van der Waals surface area (Å²) in [4.78, 5) is 4.29. The Bertz CT molecular complexity index is 738. The normalized spacial score (nSPS) is 12.1. The molecule has 0 aliphatic heterocycles. The number of anilines is 2. The molecule has 2 rings (SSSR count). The van der Waals surface area contributed by atoms with Crippen LogP contribution in [0.25, 0.3) is 0 Å². The molecule has 0 radical (unpaired) electrons. The number of rotatable bonds is 7. The van der Waals surface area contributed by atoms with E-state index in [0.29, 0.717) is 23.0 Å². The minimum absolute atomic E-state index is 0.0114. The predicted molar refractivity (Wildman–Crippen MR) is 104 cm³/mol. The molecule has 25 heavy (non-hydrogen) atoms. The van der Waals surface area contributed by atoms with Gasteiger partial charge in [-0.15, -0.1) is 0 Å². The summed E-state index contributed by atoms with van der Waals surface area (Å²) in [7, 11) is 1.63. The third-order valence-electron chi connectivity index (χ3n) is 3.69. The van der Waals surface area contributed by atoms with Crippen LogP contribution in [-0.4, -0.2) is 29.8 Å². The second-order valence-corrected chi connectivity index (χ2v) is 6.97. The third-order valence-corrected chi connectivity index (χ3v) is 4.31. The van der Waals surface area contributed by atoms with Gasteiger partial charge in [0.1, 0.15) is 17.3 Å². The molecule has 0 bridgehead atoms. The molecule has 2 aromatic rings. The summed E-state index contributed by atoms with van der Waals surface area (Å²) >= 11 is 3.48. The van der Waals surface area contributed by atoms with E-state index in [-0.39, 0.29) is 18.6 Å². The van der Waals surface area contributed by atoms with E-state index < -0.39 is 0 Å². The molecule has 0 unspecified atom stereocenters. The van der Waals surface area contributed by atoms with Crippen LogP contribution in [-0.2, 0) is 0 Å². The number of methoxy groups -OCH3 is 1. The number of nitrogen functional groups attached to an aromatic ring is 1. The van der Waals surface area contributed by atoms with Gasteiger partial charge < -0.3 is 25.6 Å². The molecule has 0 aliphatic rings. The molecule has 0 saturated carbocycles. The van der Waals surface area contributed by atoms with Crippen LogP contribution in [0.3, 0.4) is 0 Å². The number of hydrogen-bond donors (Lipinski definition) is 3. The van der Waals surface area contributed by atoms with E-state index in [1.54, 1.807) is 19.4 Å². The Morgan fingerprint density at radius 2 is 1.92 bits per heavy atom. The van der Waals surface area contributed by atoms with Crippen molar-refractivity contribution in [3.05, 3.63) is 34.4 Å². The fourth-order valence-electron chi connectivity index (χ4n) is 2.29. The number of nitrogens with zero attached hydrogens (tertiary/aromatic N) is 1. The molecule has 0 fully saturated rings. The summed E-state index contributed by atoms with van der Waals surface area (Å²) in [6.07, 6.45) is 1.57. The number of nitrogens with one attached hydrogen (secondary N) is 1. The van der Waals surface area contributed by atoms with Crippen molar-refractivity contribution in [2.75, 3.05) is 24.8 Å². The first kappa shape index (κ1) is 19.3. The standard InChI is InChI=1S/C18H24BrN3O3/c1-10(2)12-5-16(24-4)13(19)6-15(12)25-17-8-21-18(7-14(17)20)22-11(3)9-23/h5-8,10-11,23H,9H2,1-4H3,(H3,20,21,22)/t11-/m0/s1. The lowest BCUT2D eigenvalue weighted by Crippen LogP contribution is -2.20. The van der Waals surface area contributed by atoms with Gasteiger partial charge in [-0.05, 0) is 40.9 Å². The zero-order chi connectivity index (χ0) is 18.6. The van der Waals surface area contributed by atoms with E-state index >= 15 is 0 Å². The second-order valence-electron chi connectivity index (χ2n) is 6.12. The molecule has 136 valence electrons. The summed E-state index contributed by atoms with van der Waals surface area (Å²) in [5.74, 6) is 2.75. The number of nitrogens with two attached hydrogens (primary N) is 1. The molecule has 0 saturated heterocycles. The summed E-state index contributed by atoms with van der Waals surface area (Å²) in [6, 6.07) is 5.40. The summed E-state index contributed by atoms with van der Waals surface area (Å²) < 4.78 is 12.2. The van der Waals surface area contributed by atoms with Gasteiger partial charge in [0.2, 0.25) is 0 Å². The molecule has 1 heterocycles. The fourth-order valence-corrected chi connectivity index (χ4v) is 2.77. The molecule has 1 atom stereocenters. The van der Waals surface area contributed by atoms with Crippen molar-refractivity contribution < 1.29 is 14.6 Å². The minimum atomic E-state index is -0.108. The van der Waals surface area contributed by atoms with Crippen LogP contribution in [0.2, 0.25) is 0 Å². The van der Waals surface area contributed by atoms with Gasteiger partial charge >= 0.3 is 0 Å². The Morgan fingerprint density at radius 1 is 1.20 bits per heavy atom. The lowest BCUT2D eigenvalue weighted by molar-refractivity contribution is 0.281. The number of aromatic nitrogens is 1. The van der Waals surface area contributed by atoms with Crippen LogP contribution in [0.5, 0.6) is 17.2 Å². The van der Waals surface area contributed by atoms with Crippen LogP contribution in [0, 0.1) is 0 Å². The lowest BCUT2D eigenvalue weighted by Gasteiger charge is -2.18. The van der Waals surface area contributed by atoms with Crippen molar-refractivity contribution in [3.63, 3.8) is 0 Å². The van der Waals surface area contributed by atoms with E-state index in [1.165, 1.54) is 0 Å². The maximum absolute atomic E-state index is 9.11. The van der Waals surface area contributed by atoms with Crippen molar-refractivity contribution in [2.45, 2.75) is 32.7 Å². The number of benzene rings is 1. The largest absolute Gasteiger partial charge is 0.496 e. The fraction of sp³-hybridized carbons (Fsp3) is 0.389. The Labute approximate surface area is 156 Å². The van der Waals surface area contributed by atoms with Gasteiger partial charge in [-0.2, -0.15) is 0 Å². The number of aliphatic hydroxyl groups is 1. The van der Waals surface area contributed by atoms with Gasteiger partial charge in [-0.3, -0.25) is 0 Å². The number of halogens is 1. The van der Waals surface area contributed by atoms with Crippen molar-refractivity contribution in [2.24, 2.45) is 0 Å². The van der Waals surface area contributed by atoms with Crippen molar-refractivity contribution >= 4 is 27.4 Å². The number of hydrogen-bond acceptors (Lipinski definition) is 6. The van der Waals surface area contributed by atoms with Crippen LogP contribution < -0.4 is 20.5 Å². The average Bonchev–Trinajstić information content (AvgIpc) is 2.57. The summed E-state index contributed by atoms with van der Waals surface area (Å²) in [6.45, 7) is 6.03. The molecule has 7 heteroatoms. The quantitative estimate of drug-likeness (QED) is 0.636. The van der Waals surface area contributed by atoms with Gasteiger partial charge in [-0.25, -0.2) is 4.98 Å². The third kappa shape index (κ3) is 4.76. The van der Waals surface area contributed by atoms with Gasteiger partial charge in [0, 0.05) is 17.7 Å². The topological polar surface area (TPSA) is 89.6 Å². The predicted octanol–water partition coefficient (Wildman–Crippen LogP) is 4.14. The highest BCUT2D eigenvalue weighted by atomic mass is 79.9. The summed E-state index contributed by atoms with van der Waals surface area (Å²) in [5, 5.41) is 12.2. The molecular weight excluding hydrogens is 386 g/mol. The molecular formula is C18H24BrN3O3. The van der Waals surface area contributed by atoms with E-state index in [9.17, 15) is 0 Å². The monoisotopic (exact) mass is 409 g/mol. The molecule has 4 N–H and O–H groups in total. The first-order valence-electron chi connectivity index (χ1n) is 8.03. The van der Waals surface area contributed by atoms with Crippen LogP contribution in [0.4, 0.5) is 11.5 Å². The van der Waals surface area contributed by atoms with Crippen LogP contribution in [0.15, 0.2) is 28.9 Å². The molecule has 1 aromatic heterocycles. The Balaban J connectivity index is 2.31. The van der Waals surface area contributed by atoms with Crippen LogP contribution in [0.1, 0.15) is 32.3 Å². The minimum Gasteiger partial charge on any atom is -0.496 e. The maximum atomic E-state index is 9.11. The molecule has 0 amide bonds. The second kappa shape index (κ2) is 8.40. The zero-order valence-electron chi connectivity index (χ0n) is 14.8. The highest BCUT2D eigenvalue weighted by Gasteiger charge is 2.15. The Hall–Kier alpha value is -1.99. The maximum Gasteiger partial charge on any atom is 0.168 e. The number of ether oxygens (including phenoxy) is 2. The smallest absolute Gasteiger partial charge is 0.168 e. The zero-order valence-corrected chi connectivity index (χ0v) is 16.4. The first-order chi connectivity index (χ1) is 11.8. The van der Waals surface area contributed by atoms with Crippen LogP contribution >= 0.6 is 15.9 Å². The van der Waals surface area contributed by atoms with E-state index in [0.717, 1.165) is 15.8 Å². The average molecular weight is 410 g/mol. The molecule has 1 aromatic carbocycles. The van der Waals surface area contributed by atoms with Gasteiger partial charge in [0.25, 0.3) is 0 Å². The van der Waals surface area contributed by atoms with Crippen molar-refractivity contribution in [1.29, 1.82) is 0 Å². The highest BCUT2D eigenvalue weighted by Crippen LogP contribution is 2.39. The first-order valence-corrected chi connectivity index (χ1v) is 8.83.